The first-order valence-corrected chi connectivity index (χ1v) is 12.8. The number of carbonyl (C=O) groups excluding carboxylic acids is 1. The fraction of sp³-hybridized carbons (Fsp3) is 0.737. The molecular formula is C19H27BrN2O3S2. The third-order valence-corrected chi connectivity index (χ3v) is 10.9. The molecule has 2 heterocycles. The van der Waals surface area contributed by atoms with Gasteiger partial charge in [0, 0.05) is 49.4 Å². The number of nitrogens with zero attached hydrogens (tertiary/aromatic N) is 2. The van der Waals surface area contributed by atoms with E-state index < -0.39 is 15.4 Å². The lowest BCUT2D eigenvalue weighted by atomic mass is 9.70. The van der Waals surface area contributed by atoms with Crippen molar-refractivity contribution >= 4 is 43.1 Å². The molecule has 3 fully saturated rings. The first-order valence-electron chi connectivity index (χ1n) is 9.62. The van der Waals surface area contributed by atoms with Crippen LogP contribution in [-0.4, -0.2) is 55.3 Å². The van der Waals surface area contributed by atoms with Crippen molar-refractivity contribution in [3.8, 4) is 0 Å². The number of hydrogen-bond acceptors (Lipinski definition) is 5. The predicted octanol–water partition coefficient (Wildman–Crippen LogP) is 3.35. The number of sulfonamides is 1. The molecule has 1 aromatic rings. The van der Waals surface area contributed by atoms with Gasteiger partial charge in [-0.25, -0.2) is 8.42 Å². The van der Waals surface area contributed by atoms with E-state index in [-0.39, 0.29) is 17.0 Å². The van der Waals surface area contributed by atoms with Gasteiger partial charge in [-0.05, 0) is 52.2 Å². The predicted molar refractivity (Wildman–Crippen MR) is 111 cm³/mol. The second-order valence-electron chi connectivity index (χ2n) is 8.80. The van der Waals surface area contributed by atoms with Gasteiger partial charge >= 0.3 is 0 Å². The third-order valence-electron chi connectivity index (χ3n) is 7.30. The number of piperazine rings is 1. The Balaban J connectivity index is 1.41. The van der Waals surface area contributed by atoms with Gasteiger partial charge in [0.25, 0.3) is 0 Å². The van der Waals surface area contributed by atoms with Crippen molar-refractivity contribution in [3.05, 3.63) is 20.8 Å². The van der Waals surface area contributed by atoms with Crippen LogP contribution < -0.4 is 0 Å². The van der Waals surface area contributed by atoms with E-state index in [9.17, 15) is 13.2 Å². The molecule has 0 N–H and O–H groups in total. The zero-order valence-electron chi connectivity index (χ0n) is 15.9. The van der Waals surface area contributed by atoms with Crippen LogP contribution >= 0.6 is 27.3 Å². The van der Waals surface area contributed by atoms with Gasteiger partial charge < -0.3 is 0 Å². The summed E-state index contributed by atoms with van der Waals surface area (Å²) in [6.07, 6.45) is 2.28. The Kier molecular flexibility index (Phi) is 5.12. The molecule has 2 saturated carbocycles. The minimum absolute atomic E-state index is 0.000203. The molecule has 0 radical (unpaired) electrons. The number of rotatable bonds is 5. The first kappa shape index (κ1) is 20.0. The smallest absolute Gasteiger partial charge is 0.215 e. The Labute approximate surface area is 174 Å². The Morgan fingerprint density at radius 2 is 1.93 bits per heavy atom. The first-order chi connectivity index (χ1) is 12.6. The molecule has 0 aromatic carbocycles. The minimum atomic E-state index is -3.43. The topological polar surface area (TPSA) is 57.7 Å². The lowest BCUT2D eigenvalue weighted by molar-refractivity contribution is -0.128. The van der Waals surface area contributed by atoms with E-state index in [1.54, 1.807) is 15.6 Å². The lowest BCUT2D eigenvalue weighted by Crippen LogP contribution is -2.52. The fourth-order valence-electron chi connectivity index (χ4n) is 5.33. The van der Waals surface area contributed by atoms with Crippen LogP contribution in [0.4, 0.5) is 0 Å². The number of thiophene rings is 1. The van der Waals surface area contributed by atoms with Crippen LogP contribution in [0.25, 0.3) is 0 Å². The second-order valence-corrected chi connectivity index (χ2v) is 13.3. The summed E-state index contributed by atoms with van der Waals surface area (Å²) in [6, 6.07) is 4.16. The normalized spacial score (nSPS) is 31.7. The van der Waals surface area contributed by atoms with Crippen LogP contribution in [-0.2, 0) is 21.4 Å². The maximum Gasteiger partial charge on any atom is 0.215 e. The maximum absolute atomic E-state index is 13.2. The summed E-state index contributed by atoms with van der Waals surface area (Å²) < 4.78 is 29.1. The number of carbonyl (C=O) groups is 1. The van der Waals surface area contributed by atoms with E-state index >= 15 is 0 Å². The van der Waals surface area contributed by atoms with Crippen molar-refractivity contribution < 1.29 is 13.2 Å². The summed E-state index contributed by atoms with van der Waals surface area (Å²) >= 11 is 5.21. The summed E-state index contributed by atoms with van der Waals surface area (Å²) in [5.41, 5.74) is -0.873. The molecule has 1 saturated heterocycles. The summed E-state index contributed by atoms with van der Waals surface area (Å²) in [5.74, 6) is 0.525. The van der Waals surface area contributed by atoms with Crippen molar-refractivity contribution in [2.75, 3.05) is 31.9 Å². The van der Waals surface area contributed by atoms with Crippen molar-refractivity contribution in [1.82, 2.24) is 9.21 Å². The average Bonchev–Trinajstić information content (AvgIpc) is 3.16. The summed E-state index contributed by atoms with van der Waals surface area (Å²) in [5, 5.41) is 0. The molecule has 2 unspecified atom stereocenters. The van der Waals surface area contributed by atoms with E-state index in [1.165, 1.54) is 4.88 Å². The standard InChI is InChI=1S/C19H27BrN2O3S2/c1-18(2)14-5-6-19(18,16(23)11-14)13-27(24,25)22-9-7-21(8-10-22)12-15-3-4-17(20)26-15/h3-4,14H,5-13H2,1-2H3. The third kappa shape index (κ3) is 3.35. The molecule has 2 bridgehead atoms. The minimum Gasteiger partial charge on any atom is -0.299 e. The molecule has 0 amide bonds. The molecule has 8 heteroatoms. The Morgan fingerprint density at radius 1 is 1.22 bits per heavy atom. The summed E-state index contributed by atoms with van der Waals surface area (Å²) in [6.45, 7) is 7.57. The van der Waals surface area contributed by atoms with Crippen LogP contribution in [0.2, 0.25) is 0 Å². The molecule has 27 heavy (non-hydrogen) atoms. The molecule has 5 nitrogen and oxygen atoms in total. The van der Waals surface area contributed by atoms with Gasteiger partial charge in [-0.2, -0.15) is 4.31 Å². The van der Waals surface area contributed by atoms with Gasteiger partial charge in [0.15, 0.2) is 0 Å². The van der Waals surface area contributed by atoms with Crippen molar-refractivity contribution in [2.24, 2.45) is 16.7 Å². The van der Waals surface area contributed by atoms with Crippen LogP contribution in [0.1, 0.15) is 38.0 Å². The molecular weight excluding hydrogens is 448 g/mol. The monoisotopic (exact) mass is 474 g/mol. The average molecular weight is 475 g/mol. The number of fused-ring (bicyclic) bond motifs is 2. The maximum atomic E-state index is 13.2. The number of halogens is 1. The lowest BCUT2D eigenvalue weighted by Gasteiger charge is -2.39. The fourth-order valence-corrected chi connectivity index (χ4v) is 9.06. The molecule has 1 aliphatic heterocycles. The highest BCUT2D eigenvalue weighted by molar-refractivity contribution is 9.11. The molecule has 2 atom stereocenters. The zero-order valence-corrected chi connectivity index (χ0v) is 19.1. The van der Waals surface area contributed by atoms with Gasteiger partial charge in [-0.1, -0.05) is 13.8 Å². The SMILES string of the molecule is CC1(C)C2CCC1(CS(=O)(=O)N1CCN(Cc3ccc(Br)s3)CC1)C(=O)C2. The van der Waals surface area contributed by atoms with E-state index in [4.69, 9.17) is 0 Å². The van der Waals surface area contributed by atoms with E-state index in [0.717, 1.165) is 36.3 Å². The largest absolute Gasteiger partial charge is 0.299 e. The Bertz CT molecular complexity index is 843. The van der Waals surface area contributed by atoms with Crippen molar-refractivity contribution in [3.63, 3.8) is 0 Å². The van der Waals surface area contributed by atoms with Crippen LogP contribution in [0, 0.1) is 16.7 Å². The van der Waals surface area contributed by atoms with Crippen LogP contribution in [0.3, 0.4) is 0 Å². The zero-order chi connectivity index (χ0) is 19.4. The van der Waals surface area contributed by atoms with Crippen LogP contribution in [0.15, 0.2) is 15.9 Å². The Hall–Kier alpha value is -0.280. The highest BCUT2D eigenvalue weighted by Gasteiger charge is 2.65. The molecule has 2 aliphatic carbocycles. The van der Waals surface area contributed by atoms with Gasteiger partial charge in [-0.3, -0.25) is 9.69 Å². The molecule has 4 rings (SSSR count). The van der Waals surface area contributed by atoms with Crippen molar-refractivity contribution in [2.45, 2.75) is 39.7 Å². The van der Waals surface area contributed by atoms with E-state index in [2.05, 4.69) is 46.8 Å². The van der Waals surface area contributed by atoms with Gasteiger partial charge in [0.1, 0.15) is 5.78 Å². The molecule has 150 valence electrons. The second kappa shape index (κ2) is 6.90. The van der Waals surface area contributed by atoms with E-state index in [0.29, 0.717) is 25.4 Å². The Morgan fingerprint density at radius 3 is 2.44 bits per heavy atom. The van der Waals surface area contributed by atoms with Crippen molar-refractivity contribution in [1.29, 1.82) is 0 Å². The quantitative estimate of drug-likeness (QED) is 0.656. The van der Waals surface area contributed by atoms with Gasteiger partial charge in [0.05, 0.1) is 9.54 Å². The van der Waals surface area contributed by atoms with E-state index in [1.807, 2.05) is 0 Å². The summed E-state index contributed by atoms with van der Waals surface area (Å²) in [4.78, 5) is 16.3. The molecule has 0 spiro atoms. The van der Waals surface area contributed by atoms with Gasteiger partial charge in [-0.15, -0.1) is 11.3 Å². The highest BCUT2D eigenvalue weighted by atomic mass is 79.9. The molecule has 1 aromatic heterocycles. The molecule has 3 aliphatic rings. The van der Waals surface area contributed by atoms with Gasteiger partial charge in [0.2, 0.25) is 10.0 Å². The highest BCUT2D eigenvalue weighted by Crippen LogP contribution is 2.64. The number of Topliss-reactive ketones (excluding diaryl/α,β-unsaturated/α-hetero) is 1. The number of ketones is 1. The summed E-state index contributed by atoms with van der Waals surface area (Å²) in [7, 11) is -3.43. The number of hydrogen-bond donors (Lipinski definition) is 0. The van der Waals surface area contributed by atoms with Crippen LogP contribution in [0.5, 0.6) is 0 Å².